The van der Waals surface area contributed by atoms with Crippen molar-refractivity contribution in [2.45, 2.75) is 6.54 Å². The van der Waals surface area contributed by atoms with Gasteiger partial charge in [-0.05, 0) is 35.9 Å². The van der Waals surface area contributed by atoms with Crippen LogP contribution in [0.25, 0.3) is 0 Å². The van der Waals surface area contributed by atoms with Crippen LogP contribution in [0.3, 0.4) is 0 Å². The highest BCUT2D eigenvalue weighted by molar-refractivity contribution is 6.33. The van der Waals surface area contributed by atoms with E-state index in [2.05, 4.69) is 11.4 Å². The van der Waals surface area contributed by atoms with Crippen LogP contribution in [0.15, 0.2) is 42.5 Å². The second-order valence-corrected chi connectivity index (χ2v) is 5.13. The predicted octanol–water partition coefficient (Wildman–Crippen LogP) is 4.01. The number of amides is 2. The molecule has 0 saturated heterocycles. The minimum absolute atomic E-state index is 0.133. The molecule has 0 bridgehead atoms. The van der Waals surface area contributed by atoms with Crippen molar-refractivity contribution >= 4 is 23.3 Å². The minimum atomic E-state index is -0.468. The monoisotopic (exact) mass is 317 g/mol. The summed E-state index contributed by atoms with van der Waals surface area (Å²) in [5.74, 6) is -0.468. The van der Waals surface area contributed by atoms with Gasteiger partial charge in [0.1, 0.15) is 5.82 Å². The minimum Gasteiger partial charge on any atom is -0.323 e. The Morgan fingerprint density at radius 1 is 1.36 bits per heavy atom. The van der Waals surface area contributed by atoms with Crippen molar-refractivity contribution in [3.8, 4) is 6.07 Å². The number of nitrogens with one attached hydrogen (secondary N) is 1. The zero-order valence-electron chi connectivity index (χ0n) is 11.8. The van der Waals surface area contributed by atoms with Gasteiger partial charge in [-0.3, -0.25) is 0 Å². The van der Waals surface area contributed by atoms with Gasteiger partial charge in [-0.25, -0.2) is 9.18 Å². The van der Waals surface area contributed by atoms with Gasteiger partial charge in [0.05, 0.1) is 22.3 Å². The van der Waals surface area contributed by atoms with Crippen LogP contribution in [0.2, 0.25) is 5.02 Å². The molecule has 6 heteroatoms. The van der Waals surface area contributed by atoms with E-state index < -0.39 is 5.82 Å². The maximum atomic E-state index is 13.0. The Kier molecular flexibility index (Phi) is 4.97. The van der Waals surface area contributed by atoms with Crippen molar-refractivity contribution in [1.82, 2.24) is 4.90 Å². The molecule has 2 aromatic rings. The van der Waals surface area contributed by atoms with Crippen molar-refractivity contribution in [3.05, 3.63) is 64.4 Å². The van der Waals surface area contributed by atoms with E-state index in [-0.39, 0.29) is 11.1 Å². The molecule has 0 radical (unpaired) electrons. The van der Waals surface area contributed by atoms with Crippen LogP contribution in [-0.2, 0) is 6.54 Å². The highest BCUT2D eigenvalue weighted by Crippen LogP contribution is 2.22. The van der Waals surface area contributed by atoms with Crippen LogP contribution >= 0.6 is 11.6 Å². The fraction of sp³-hybridized carbons (Fsp3) is 0.125. The van der Waals surface area contributed by atoms with Crippen LogP contribution < -0.4 is 5.32 Å². The largest absolute Gasteiger partial charge is 0.323 e. The van der Waals surface area contributed by atoms with Gasteiger partial charge in [0.2, 0.25) is 0 Å². The predicted molar refractivity (Wildman–Crippen MR) is 83.1 cm³/mol. The number of carbonyl (C=O) groups excluding carboxylic acids is 1. The third-order valence-corrected chi connectivity index (χ3v) is 3.31. The molecule has 22 heavy (non-hydrogen) atoms. The van der Waals surface area contributed by atoms with Gasteiger partial charge < -0.3 is 10.2 Å². The topological polar surface area (TPSA) is 56.1 Å². The number of rotatable bonds is 3. The van der Waals surface area contributed by atoms with Crippen LogP contribution in [0, 0.1) is 17.1 Å². The molecule has 0 saturated carbocycles. The summed E-state index contributed by atoms with van der Waals surface area (Å²) < 4.78 is 13.0. The molecule has 112 valence electrons. The second kappa shape index (κ2) is 6.92. The van der Waals surface area contributed by atoms with Crippen LogP contribution in [-0.4, -0.2) is 18.0 Å². The van der Waals surface area contributed by atoms with E-state index in [1.807, 2.05) is 6.07 Å². The normalized spacial score (nSPS) is 9.91. The van der Waals surface area contributed by atoms with Crippen LogP contribution in [0.5, 0.6) is 0 Å². The summed E-state index contributed by atoms with van der Waals surface area (Å²) in [6.07, 6.45) is 0. The lowest BCUT2D eigenvalue weighted by Crippen LogP contribution is -2.30. The van der Waals surface area contributed by atoms with Gasteiger partial charge in [-0.15, -0.1) is 0 Å². The number of urea groups is 1. The highest BCUT2D eigenvalue weighted by atomic mass is 35.5. The molecule has 1 N–H and O–H groups in total. The number of benzene rings is 2. The van der Waals surface area contributed by atoms with Gasteiger partial charge in [-0.2, -0.15) is 5.26 Å². The van der Waals surface area contributed by atoms with Crippen molar-refractivity contribution in [1.29, 1.82) is 5.26 Å². The standard InChI is InChI=1S/C16H13ClFN3O/c1-21(10-12-4-2-3-11(7-12)9-19)16(22)20-15-6-5-13(18)8-14(15)17/h2-8H,10H2,1H3,(H,20,22). The molecule has 0 atom stereocenters. The van der Waals surface area contributed by atoms with E-state index in [1.54, 1.807) is 25.2 Å². The molecule has 2 amide bonds. The average Bonchev–Trinajstić information content (AvgIpc) is 2.50. The molecule has 4 nitrogen and oxygen atoms in total. The summed E-state index contributed by atoms with van der Waals surface area (Å²) in [7, 11) is 1.62. The first-order valence-electron chi connectivity index (χ1n) is 6.46. The Bertz CT molecular complexity index is 742. The molecule has 2 aromatic carbocycles. The van der Waals surface area contributed by atoms with E-state index in [0.29, 0.717) is 17.8 Å². The molecular formula is C16H13ClFN3O. The zero-order valence-corrected chi connectivity index (χ0v) is 12.6. The number of halogens is 2. The molecule has 0 unspecified atom stereocenters. The molecule has 0 fully saturated rings. The summed E-state index contributed by atoms with van der Waals surface area (Å²) in [6, 6.07) is 12.4. The molecule has 0 aliphatic rings. The fourth-order valence-corrected chi connectivity index (χ4v) is 2.10. The van der Waals surface area contributed by atoms with Crippen molar-refractivity contribution in [2.75, 3.05) is 12.4 Å². The Balaban J connectivity index is 2.04. The molecule has 0 spiro atoms. The average molecular weight is 318 g/mol. The maximum absolute atomic E-state index is 13.0. The summed E-state index contributed by atoms with van der Waals surface area (Å²) in [6.45, 7) is 0.333. The number of nitrogens with zero attached hydrogens (tertiary/aromatic N) is 2. The van der Waals surface area contributed by atoms with Gasteiger partial charge >= 0.3 is 6.03 Å². The highest BCUT2D eigenvalue weighted by Gasteiger charge is 2.12. The van der Waals surface area contributed by atoms with Crippen molar-refractivity contribution < 1.29 is 9.18 Å². The third kappa shape index (κ3) is 3.96. The van der Waals surface area contributed by atoms with Crippen molar-refractivity contribution in [2.24, 2.45) is 0 Å². The van der Waals surface area contributed by atoms with Crippen LogP contribution in [0.4, 0.5) is 14.9 Å². The van der Waals surface area contributed by atoms with Gasteiger partial charge in [0.25, 0.3) is 0 Å². The number of nitriles is 1. The van der Waals surface area contributed by atoms with E-state index in [9.17, 15) is 9.18 Å². The first-order valence-corrected chi connectivity index (χ1v) is 6.83. The molecule has 0 aromatic heterocycles. The Hall–Kier alpha value is -2.58. The quantitative estimate of drug-likeness (QED) is 0.929. The lowest BCUT2D eigenvalue weighted by Gasteiger charge is -2.18. The lowest BCUT2D eigenvalue weighted by atomic mass is 10.1. The van der Waals surface area contributed by atoms with Crippen molar-refractivity contribution in [3.63, 3.8) is 0 Å². The smallest absolute Gasteiger partial charge is 0.321 e. The fourth-order valence-electron chi connectivity index (χ4n) is 1.89. The van der Waals surface area contributed by atoms with E-state index in [1.165, 1.54) is 17.0 Å². The summed E-state index contributed by atoms with van der Waals surface area (Å²) >= 11 is 5.87. The molecule has 0 aliphatic carbocycles. The number of hydrogen-bond donors (Lipinski definition) is 1. The molecule has 2 rings (SSSR count). The Morgan fingerprint density at radius 3 is 2.82 bits per heavy atom. The summed E-state index contributed by atoms with van der Waals surface area (Å²) in [5.41, 5.74) is 1.71. The second-order valence-electron chi connectivity index (χ2n) is 4.72. The lowest BCUT2D eigenvalue weighted by molar-refractivity contribution is 0.220. The molecule has 0 heterocycles. The summed E-state index contributed by atoms with van der Waals surface area (Å²) in [4.78, 5) is 13.5. The van der Waals surface area contributed by atoms with E-state index in [0.717, 1.165) is 11.6 Å². The first-order chi connectivity index (χ1) is 10.5. The maximum Gasteiger partial charge on any atom is 0.321 e. The first kappa shape index (κ1) is 15.8. The number of anilines is 1. The summed E-state index contributed by atoms with van der Waals surface area (Å²) in [5, 5.41) is 11.6. The van der Waals surface area contributed by atoms with E-state index >= 15 is 0 Å². The van der Waals surface area contributed by atoms with Gasteiger partial charge in [-0.1, -0.05) is 23.7 Å². The Labute approximate surface area is 132 Å². The van der Waals surface area contributed by atoms with E-state index in [4.69, 9.17) is 16.9 Å². The number of hydrogen-bond acceptors (Lipinski definition) is 2. The van der Waals surface area contributed by atoms with Gasteiger partial charge in [0.15, 0.2) is 0 Å². The van der Waals surface area contributed by atoms with Gasteiger partial charge in [0, 0.05) is 13.6 Å². The number of carbonyl (C=O) groups is 1. The SMILES string of the molecule is CN(Cc1cccc(C#N)c1)C(=O)Nc1ccc(F)cc1Cl. The molecule has 0 aliphatic heterocycles. The zero-order chi connectivity index (χ0) is 16.1. The Morgan fingerprint density at radius 2 is 2.14 bits per heavy atom. The molecular weight excluding hydrogens is 305 g/mol. The van der Waals surface area contributed by atoms with Crippen LogP contribution in [0.1, 0.15) is 11.1 Å². The third-order valence-electron chi connectivity index (χ3n) is 3.00.